The maximum absolute atomic E-state index is 12.8. The van der Waals surface area contributed by atoms with Gasteiger partial charge in [-0.2, -0.15) is 8.42 Å². The number of azo groups is 3. The van der Waals surface area contributed by atoms with E-state index in [9.17, 15) is 46.8 Å². The molecule has 0 fully saturated rings. The van der Waals surface area contributed by atoms with Crippen molar-refractivity contribution in [3.63, 3.8) is 0 Å². The van der Waals surface area contributed by atoms with Crippen molar-refractivity contribution in [2.75, 3.05) is 12.4 Å². The molecule has 0 aromatic heterocycles. The van der Waals surface area contributed by atoms with E-state index >= 15 is 0 Å². The summed E-state index contributed by atoms with van der Waals surface area (Å²) in [4.78, 5) is 9.17. The molecule has 0 heterocycles. The number of nitro groups is 1. The van der Waals surface area contributed by atoms with Gasteiger partial charge in [-0.15, -0.1) is 39.4 Å². The van der Waals surface area contributed by atoms with Crippen molar-refractivity contribution in [2.24, 2.45) is 30.7 Å². The number of sulfone groups is 1. The van der Waals surface area contributed by atoms with Crippen LogP contribution in [0.3, 0.4) is 0 Å². The first-order valence-electron chi connectivity index (χ1n) is 15.2. The van der Waals surface area contributed by atoms with Crippen LogP contribution in [0.1, 0.15) is 0 Å². The molecule has 58 heavy (non-hydrogen) atoms. The number of phenolic OH excluding ortho intramolecular Hbond substituents is 3. The molecule has 0 amide bonds. The minimum atomic E-state index is -5.06. The Morgan fingerprint density at radius 2 is 1.29 bits per heavy atom. The van der Waals surface area contributed by atoms with Crippen LogP contribution < -0.4 is 0 Å². The molecule has 0 radical (unpaired) electrons. The Hall–Kier alpha value is -5.76. The second kappa shape index (κ2) is 19.1. The fraction of sp³-hybridized carbons (Fsp3) is 0.0667. The average molecular weight is 882 g/mol. The van der Waals surface area contributed by atoms with Gasteiger partial charge < -0.3 is 15.3 Å². The first-order valence-corrected chi connectivity index (χ1v) is 19.7. The highest BCUT2D eigenvalue weighted by atomic mass is 32.2. The third-order valence-electron chi connectivity index (χ3n) is 7.28. The standard InChI is InChI=1S/C30H23N7O17S4/c38-26-10-9-25(30(40)29(26)36-33-23-5-1-16(37(41)42)13-27(23)39)35-32-22-8-7-21(19-4-2-17(14-20(19)22)55-53-51-43)31-34-24-6-3-18(15-28(24)58(47,48)49)57(45,46)12-11-50-56-54-52-44/h1-10,13-15,38-40,43-44H,11-12H2,(H,47,48,49). The predicted molar refractivity (Wildman–Crippen MR) is 198 cm³/mol. The molecule has 0 bridgehead atoms. The summed E-state index contributed by atoms with van der Waals surface area (Å²) in [5, 5.41) is 90.3. The summed E-state index contributed by atoms with van der Waals surface area (Å²) in [6.45, 7) is -0.470. The maximum Gasteiger partial charge on any atom is 0.296 e. The first kappa shape index (κ1) is 43.4. The van der Waals surface area contributed by atoms with Gasteiger partial charge in [-0.05, 0) is 60.7 Å². The van der Waals surface area contributed by atoms with Gasteiger partial charge in [0.15, 0.2) is 33.6 Å². The Labute approximate surface area is 332 Å². The van der Waals surface area contributed by atoms with Gasteiger partial charge in [0.1, 0.15) is 33.5 Å². The Morgan fingerprint density at radius 3 is 1.97 bits per heavy atom. The molecule has 0 aliphatic rings. The number of hydrogen-bond donors (Lipinski definition) is 6. The van der Waals surface area contributed by atoms with Crippen molar-refractivity contribution >= 4 is 94.9 Å². The van der Waals surface area contributed by atoms with Crippen LogP contribution in [0.25, 0.3) is 10.8 Å². The highest BCUT2D eigenvalue weighted by Crippen LogP contribution is 2.45. The normalized spacial score (nSPS) is 12.4. The van der Waals surface area contributed by atoms with E-state index in [1.807, 2.05) is 0 Å². The molecule has 304 valence electrons. The number of aromatic hydroxyl groups is 3. The molecule has 0 atom stereocenters. The van der Waals surface area contributed by atoms with Gasteiger partial charge in [0.25, 0.3) is 15.8 Å². The number of rotatable bonds is 18. The molecule has 0 saturated heterocycles. The molecule has 5 rings (SSSR count). The van der Waals surface area contributed by atoms with Gasteiger partial charge in [0.05, 0.1) is 51.7 Å². The number of phenols is 3. The predicted octanol–water partition coefficient (Wildman–Crippen LogP) is 8.56. The summed E-state index contributed by atoms with van der Waals surface area (Å²) in [6, 6.07) is 15.3. The fourth-order valence-electron chi connectivity index (χ4n) is 4.65. The van der Waals surface area contributed by atoms with Gasteiger partial charge >= 0.3 is 0 Å². The van der Waals surface area contributed by atoms with Crippen molar-refractivity contribution < 1.29 is 75.1 Å². The van der Waals surface area contributed by atoms with Gasteiger partial charge in [0, 0.05) is 21.7 Å². The van der Waals surface area contributed by atoms with Crippen molar-refractivity contribution in [1.82, 2.24) is 0 Å². The number of benzene rings is 5. The van der Waals surface area contributed by atoms with Crippen molar-refractivity contribution in [2.45, 2.75) is 14.7 Å². The van der Waals surface area contributed by atoms with E-state index in [0.29, 0.717) is 28.4 Å². The van der Waals surface area contributed by atoms with Crippen molar-refractivity contribution in [3.8, 4) is 17.2 Å². The highest BCUT2D eigenvalue weighted by Gasteiger charge is 2.23. The minimum absolute atomic E-state index is 0.0937. The maximum atomic E-state index is 12.8. The molecular weight excluding hydrogens is 859 g/mol. The van der Waals surface area contributed by atoms with Crippen LogP contribution in [-0.4, -0.2) is 64.5 Å². The zero-order valence-corrected chi connectivity index (χ0v) is 31.6. The van der Waals surface area contributed by atoms with E-state index in [4.69, 9.17) is 14.7 Å². The molecule has 0 spiro atoms. The van der Waals surface area contributed by atoms with E-state index in [0.717, 1.165) is 36.4 Å². The molecule has 6 N–H and O–H groups in total. The van der Waals surface area contributed by atoms with Gasteiger partial charge in [0.2, 0.25) is 0 Å². The Balaban J connectivity index is 1.49. The van der Waals surface area contributed by atoms with Gasteiger partial charge in [-0.1, -0.05) is 16.1 Å². The zero-order chi connectivity index (χ0) is 42.0. The first-order chi connectivity index (χ1) is 27.6. The second-order valence-corrected chi connectivity index (χ2v) is 15.6. The van der Waals surface area contributed by atoms with Crippen LogP contribution in [0.4, 0.5) is 39.8 Å². The summed E-state index contributed by atoms with van der Waals surface area (Å²) in [5.74, 6) is -2.51. The lowest BCUT2D eigenvalue weighted by Crippen LogP contribution is -2.12. The molecule has 0 saturated carbocycles. The summed E-state index contributed by atoms with van der Waals surface area (Å²) >= 11 is 0.724. The monoisotopic (exact) mass is 881 g/mol. The Bertz CT molecular complexity index is 2670. The third kappa shape index (κ3) is 10.8. The van der Waals surface area contributed by atoms with Gasteiger partial charge in [-0.3, -0.25) is 18.9 Å². The lowest BCUT2D eigenvalue weighted by molar-refractivity contribution is -0.434. The molecule has 0 aliphatic heterocycles. The molecular formula is C30H23N7O17S4. The number of non-ortho nitro benzene ring substituents is 1. The quantitative estimate of drug-likeness (QED) is 0.00912. The number of nitrogens with zero attached hydrogens (tertiary/aromatic N) is 7. The summed E-state index contributed by atoms with van der Waals surface area (Å²) < 4.78 is 73.3. The molecule has 24 nitrogen and oxygen atoms in total. The highest BCUT2D eigenvalue weighted by molar-refractivity contribution is 7.94. The van der Waals surface area contributed by atoms with E-state index in [1.165, 1.54) is 36.4 Å². The van der Waals surface area contributed by atoms with Crippen LogP contribution in [0, 0.1) is 10.1 Å². The van der Waals surface area contributed by atoms with Crippen LogP contribution in [0.5, 0.6) is 17.2 Å². The Kier molecular flexibility index (Phi) is 14.3. The summed E-state index contributed by atoms with van der Waals surface area (Å²) in [7, 11) is -9.24. The van der Waals surface area contributed by atoms with Gasteiger partial charge in [-0.25, -0.2) is 18.9 Å². The molecule has 5 aromatic carbocycles. The average Bonchev–Trinajstić information content (AvgIpc) is 3.18. The smallest absolute Gasteiger partial charge is 0.296 e. The minimum Gasteiger partial charge on any atom is -0.505 e. The fourth-order valence-corrected chi connectivity index (χ4v) is 7.20. The number of nitro benzene ring substituents is 1. The summed E-state index contributed by atoms with van der Waals surface area (Å²) in [6.07, 6.45) is 0. The second-order valence-electron chi connectivity index (χ2n) is 10.8. The zero-order valence-electron chi connectivity index (χ0n) is 28.4. The number of fused-ring (bicyclic) bond motifs is 1. The molecule has 0 unspecified atom stereocenters. The van der Waals surface area contributed by atoms with Crippen LogP contribution in [0.2, 0.25) is 0 Å². The third-order valence-corrected chi connectivity index (χ3v) is 10.8. The topological polar surface area (TPSA) is 353 Å². The molecule has 28 heteroatoms. The summed E-state index contributed by atoms with van der Waals surface area (Å²) in [5.41, 5.74) is -1.57. The van der Waals surface area contributed by atoms with E-state index in [-0.39, 0.29) is 40.5 Å². The number of hydrogen-bond acceptors (Lipinski definition) is 24. The Morgan fingerprint density at radius 1 is 0.672 bits per heavy atom. The van der Waals surface area contributed by atoms with E-state index < -0.39 is 81.3 Å². The van der Waals surface area contributed by atoms with Crippen molar-refractivity contribution in [1.29, 1.82) is 0 Å². The van der Waals surface area contributed by atoms with E-state index in [1.54, 1.807) is 0 Å². The van der Waals surface area contributed by atoms with Crippen LogP contribution in [0.15, 0.2) is 124 Å². The molecule has 5 aromatic rings. The van der Waals surface area contributed by atoms with Crippen LogP contribution >= 0.6 is 24.4 Å². The van der Waals surface area contributed by atoms with Crippen LogP contribution in [-0.2, 0) is 42.9 Å². The lowest BCUT2D eigenvalue weighted by atomic mass is 10.1. The largest absolute Gasteiger partial charge is 0.505 e. The molecule has 0 aliphatic carbocycles. The van der Waals surface area contributed by atoms with Crippen molar-refractivity contribution in [3.05, 3.63) is 89.0 Å². The SMILES string of the molecule is O=[N+]([O-])c1ccc(N=Nc2c(O)ccc(N=Nc3ccc(N=Nc4ccc(S(=O)(=O)CCOSOOO)cc4S(=O)(=O)O)c4ccc(SOOO)cc34)c2O)c(O)c1. The lowest BCUT2D eigenvalue weighted by Gasteiger charge is -2.09. The van der Waals surface area contributed by atoms with E-state index in [2.05, 4.69) is 49.4 Å².